The van der Waals surface area contributed by atoms with Crippen molar-refractivity contribution in [1.29, 1.82) is 0 Å². The normalized spacial score (nSPS) is 14.3. The lowest BCUT2D eigenvalue weighted by molar-refractivity contribution is -0.123. The monoisotopic (exact) mass is 225 g/mol. The van der Waals surface area contributed by atoms with Crippen LogP contribution in [-0.2, 0) is 4.79 Å². The van der Waals surface area contributed by atoms with Crippen LogP contribution in [0, 0.1) is 0 Å². The molecule has 0 aromatic rings. The van der Waals surface area contributed by atoms with Crippen molar-refractivity contribution in [2.24, 2.45) is 0 Å². The molecule has 1 rings (SSSR count). The van der Waals surface area contributed by atoms with Gasteiger partial charge in [-0.05, 0) is 19.4 Å². The first-order valence-electron chi connectivity index (χ1n) is 6.12. The summed E-state index contributed by atoms with van der Waals surface area (Å²) in [6.45, 7) is 15.9. The number of likely N-dealkylation sites (N-methyl/N-ethyl adjacent to an activating group) is 1. The molecule has 1 heterocycles. The zero-order valence-corrected chi connectivity index (χ0v) is 12.0. The predicted molar refractivity (Wildman–Crippen MR) is 72.2 cm³/mol. The van der Waals surface area contributed by atoms with Crippen LogP contribution < -0.4 is 0 Å². The highest BCUT2D eigenvalue weighted by atomic mass is 16.2. The second kappa shape index (κ2) is 9.20. The molecule has 0 bridgehead atoms. The minimum atomic E-state index is 0.0718. The average Bonchev–Trinajstić information content (AvgIpc) is 2.50. The highest BCUT2D eigenvalue weighted by Crippen LogP contribution is 2.24. The molecular formula is C14H27NO. The van der Waals surface area contributed by atoms with Gasteiger partial charge in [-0.2, -0.15) is 0 Å². The third kappa shape index (κ3) is 4.65. The van der Waals surface area contributed by atoms with E-state index in [1.165, 1.54) is 12.8 Å². The van der Waals surface area contributed by atoms with Crippen LogP contribution in [0.4, 0.5) is 0 Å². The molecule has 2 nitrogen and oxygen atoms in total. The van der Waals surface area contributed by atoms with Crippen molar-refractivity contribution in [3.63, 3.8) is 0 Å². The fourth-order valence-corrected chi connectivity index (χ4v) is 1.00. The van der Waals surface area contributed by atoms with Gasteiger partial charge in [-0.1, -0.05) is 47.1 Å². The molecule has 0 unspecified atom stereocenters. The van der Waals surface area contributed by atoms with Gasteiger partial charge in [-0.3, -0.25) is 4.79 Å². The van der Waals surface area contributed by atoms with E-state index in [4.69, 9.17) is 0 Å². The Labute approximate surface area is 101 Å². The first-order chi connectivity index (χ1) is 7.47. The Morgan fingerprint density at radius 1 is 1.06 bits per heavy atom. The summed E-state index contributed by atoms with van der Waals surface area (Å²) in [7, 11) is 1.74. The Hall–Kier alpha value is -1.05. The van der Waals surface area contributed by atoms with Gasteiger partial charge in [-0.25, -0.2) is 0 Å². The fraction of sp³-hybridized carbons (Fsp3) is 0.643. The van der Waals surface area contributed by atoms with Gasteiger partial charge in [0.05, 0.1) is 0 Å². The summed E-state index contributed by atoms with van der Waals surface area (Å²) in [4.78, 5) is 12.7. The molecule has 16 heavy (non-hydrogen) atoms. The van der Waals surface area contributed by atoms with Crippen molar-refractivity contribution in [3.8, 4) is 0 Å². The van der Waals surface area contributed by atoms with Gasteiger partial charge in [0, 0.05) is 18.3 Å². The van der Waals surface area contributed by atoms with Crippen LogP contribution in [0.3, 0.4) is 0 Å². The maximum Gasteiger partial charge on any atom is 0.253 e. The van der Waals surface area contributed by atoms with Crippen LogP contribution in [0.25, 0.3) is 0 Å². The predicted octanol–water partition coefficient (Wildman–Crippen LogP) is 4.14. The standard InChI is InChI=1S/C8H11NO.C4H10.C2H6/c1-5-6(2)8(10)9(4)7(5)3;1-3-4-2;1-2/h3H2,1-2,4H3;3-4H2,1-2H3;1-2H3. The van der Waals surface area contributed by atoms with Crippen LogP contribution in [0.5, 0.6) is 0 Å². The molecule has 0 spiro atoms. The van der Waals surface area contributed by atoms with Gasteiger partial charge in [0.2, 0.25) is 0 Å². The first kappa shape index (κ1) is 17.3. The van der Waals surface area contributed by atoms with E-state index in [1.807, 2.05) is 27.7 Å². The molecule has 0 saturated heterocycles. The van der Waals surface area contributed by atoms with Crippen LogP contribution in [-0.4, -0.2) is 17.9 Å². The Bertz CT molecular complexity index is 238. The molecule has 1 aliphatic heterocycles. The van der Waals surface area contributed by atoms with Crippen molar-refractivity contribution < 1.29 is 4.79 Å². The molecule has 2 heteroatoms. The summed E-state index contributed by atoms with van der Waals surface area (Å²) in [6.07, 6.45) is 2.64. The summed E-state index contributed by atoms with van der Waals surface area (Å²) < 4.78 is 0. The van der Waals surface area contributed by atoms with Crippen LogP contribution >= 0.6 is 0 Å². The van der Waals surface area contributed by atoms with Crippen molar-refractivity contribution in [2.45, 2.75) is 54.4 Å². The SMILES string of the molecule is C=C1C(C)=C(C)C(=O)N1C.CC.CCCC. The van der Waals surface area contributed by atoms with Crippen LogP contribution in [0.2, 0.25) is 0 Å². The zero-order valence-electron chi connectivity index (χ0n) is 12.0. The Kier molecular flexibility index (Phi) is 9.97. The zero-order chi connectivity index (χ0) is 13.3. The molecule has 0 radical (unpaired) electrons. The lowest BCUT2D eigenvalue weighted by Gasteiger charge is -2.09. The highest BCUT2D eigenvalue weighted by molar-refractivity contribution is 5.99. The van der Waals surface area contributed by atoms with E-state index in [9.17, 15) is 4.79 Å². The minimum Gasteiger partial charge on any atom is -0.312 e. The van der Waals surface area contributed by atoms with E-state index in [-0.39, 0.29) is 5.91 Å². The van der Waals surface area contributed by atoms with Crippen molar-refractivity contribution in [3.05, 3.63) is 23.4 Å². The third-order valence-corrected chi connectivity index (χ3v) is 2.53. The molecule has 1 aliphatic rings. The van der Waals surface area contributed by atoms with Gasteiger partial charge in [-0.15, -0.1) is 0 Å². The third-order valence-electron chi connectivity index (χ3n) is 2.53. The average molecular weight is 225 g/mol. The molecule has 0 fully saturated rings. The number of carbonyl (C=O) groups is 1. The number of unbranched alkanes of at least 4 members (excludes halogenated alkanes) is 1. The maximum absolute atomic E-state index is 11.1. The lowest BCUT2D eigenvalue weighted by atomic mass is 10.2. The Balaban J connectivity index is 0. The van der Waals surface area contributed by atoms with E-state index in [1.54, 1.807) is 11.9 Å². The summed E-state index contributed by atoms with van der Waals surface area (Å²) in [5, 5.41) is 0. The van der Waals surface area contributed by atoms with Gasteiger partial charge in [0.15, 0.2) is 0 Å². The number of rotatable bonds is 1. The summed E-state index contributed by atoms with van der Waals surface area (Å²) >= 11 is 0. The quantitative estimate of drug-likeness (QED) is 0.656. The van der Waals surface area contributed by atoms with Crippen molar-refractivity contribution in [2.75, 3.05) is 7.05 Å². The van der Waals surface area contributed by atoms with E-state index in [0.29, 0.717) is 0 Å². The molecule has 0 aromatic heterocycles. The number of amides is 1. The summed E-state index contributed by atoms with van der Waals surface area (Å²) in [5.74, 6) is 0.0718. The minimum absolute atomic E-state index is 0.0718. The lowest BCUT2D eigenvalue weighted by Crippen LogP contribution is -2.19. The fourth-order valence-electron chi connectivity index (χ4n) is 1.00. The van der Waals surface area contributed by atoms with Crippen molar-refractivity contribution >= 4 is 5.91 Å². The van der Waals surface area contributed by atoms with Gasteiger partial charge < -0.3 is 4.90 Å². The van der Waals surface area contributed by atoms with E-state index in [2.05, 4.69) is 20.4 Å². The molecule has 94 valence electrons. The van der Waals surface area contributed by atoms with Crippen LogP contribution in [0.1, 0.15) is 54.4 Å². The molecular weight excluding hydrogens is 198 g/mol. The van der Waals surface area contributed by atoms with E-state index < -0.39 is 0 Å². The largest absolute Gasteiger partial charge is 0.312 e. The number of nitrogens with zero attached hydrogens (tertiary/aromatic N) is 1. The topological polar surface area (TPSA) is 20.3 Å². The first-order valence-corrected chi connectivity index (χ1v) is 6.12. The van der Waals surface area contributed by atoms with E-state index in [0.717, 1.165) is 16.8 Å². The van der Waals surface area contributed by atoms with Gasteiger partial charge >= 0.3 is 0 Å². The Morgan fingerprint density at radius 3 is 1.50 bits per heavy atom. The Morgan fingerprint density at radius 2 is 1.44 bits per heavy atom. The maximum atomic E-state index is 11.1. The number of hydrogen-bond acceptors (Lipinski definition) is 1. The van der Waals surface area contributed by atoms with Crippen LogP contribution in [0.15, 0.2) is 23.4 Å². The molecule has 0 aromatic carbocycles. The second-order valence-corrected chi connectivity index (χ2v) is 3.56. The summed E-state index contributed by atoms with van der Waals surface area (Å²) in [5.41, 5.74) is 2.64. The second-order valence-electron chi connectivity index (χ2n) is 3.56. The molecule has 0 saturated carbocycles. The highest BCUT2D eigenvalue weighted by Gasteiger charge is 2.24. The number of hydrogen-bond donors (Lipinski definition) is 0. The molecule has 0 aliphatic carbocycles. The summed E-state index contributed by atoms with van der Waals surface area (Å²) in [6, 6.07) is 0. The van der Waals surface area contributed by atoms with Gasteiger partial charge in [0.25, 0.3) is 5.91 Å². The molecule has 0 atom stereocenters. The smallest absolute Gasteiger partial charge is 0.253 e. The van der Waals surface area contributed by atoms with Crippen molar-refractivity contribution in [1.82, 2.24) is 4.90 Å². The van der Waals surface area contributed by atoms with Gasteiger partial charge in [0.1, 0.15) is 0 Å². The molecule has 0 N–H and O–H groups in total. The van der Waals surface area contributed by atoms with E-state index >= 15 is 0 Å². The number of carbonyl (C=O) groups excluding carboxylic acids is 1. The number of allylic oxidation sites excluding steroid dienone is 1. The molecule has 1 amide bonds.